The number of rotatable bonds is 3. The van der Waals surface area contributed by atoms with Crippen LogP contribution in [-0.4, -0.2) is 29.4 Å². The van der Waals surface area contributed by atoms with Crippen molar-refractivity contribution >= 4 is 5.91 Å². The van der Waals surface area contributed by atoms with Gasteiger partial charge in [0.1, 0.15) is 0 Å². The van der Waals surface area contributed by atoms with E-state index < -0.39 is 5.41 Å². The van der Waals surface area contributed by atoms with Crippen molar-refractivity contribution in [3.8, 4) is 0 Å². The molecule has 2 N–H and O–H groups in total. The van der Waals surface area contributed by atoms with Crippen LogP contribution in [0.1, 0.15) is 32.3 Å². The zero-order chi connectivity index (χ0) is 13.7. The molecule has 1 aliphatic heterocycles. The molecule has 1 amide bonds. The first-order valence-electron chi connectivity index (χ1n) is 7.07. The van der Waals surface area contributed by atoms with Crippen LogP contribution in [-0.2, 0) is 10.2 Å². The van der Waals surface area contributed by atoms with Gasteiger partial charge in [-0.15, -0.1) is 0 Å². The molecule has 1 saturated carbocycles. The molecule has 19 heavy (non-hydrogen) atoms. The van der Waals surface area contributed by atoms with Crippen molar-refractivity contribution in [2.45, 2.75) is 37.6 Å². The number of hydrogen-bond donors (Lipinski definition) is 1. The Bertz CT molecular complexity index is 485. The zero-order valence-electron chi connectivity index (χ0n) is 11.7. The molecule has 1 aromatic rings. The number of benzene rings is 1. The first-order valence-corrected chi connectivity index (χ1v) is 7.07. The fraction of sp³-hybridized carbons (Fsp3) is 0.562. The zero-order valence-corrected chi connectivity index (χ0v) is 11.7. The van der Waals surface area contributed by atoms with Crippen LogP contribution >= 0.6 is 0 Å². The third-order valence-corrected chi connectivity index (χ3v) is 4.68. The second kappa shape index (κ2) is 4.07. The highest BCUT2D eigenvalue weighted by Gasteiger charge is 2.53. The van der Waals surface area contributed by atoms with E-state index >= 15 is 0 Å². The van der Waals surface area contributed by atoms with Crippen LogP contribution in [0, 0.1) is 5.92 Å². The Kier molecular flexibility index (Phi) is 2.72. The topological polar surface area (TPSA) is 46.3 Å². The number of likely N-dealkylation sites (tertiary alicyclic amines) is 1. The average molecular weight is 258 g/mol. The van der Waals surface area contributed by atoms with Crippen molar-refractivity contribution in [1.29, 1.82) is 0 Å². The Morgan fingerprint density at radius 1 is 1.26 bits per heavy atom. The molecule has 0 radical (unpaired) electrons. The Morgan fingerprint density at radius 3 is 2.37 bits per heavy atom. The lowest BCUT2D eigenvalue weighted by molar-refractivity contribution is -0.144. The molecule has 1 aliphatic carbocycles. The predicted octanol–water partition coefficient (Wildman–Crippen LogP) is 1.91. The molecule has 0 unspecified atom stereocenters. The highest BCUT2D eigenvalue weighted by Crippen LogP contribution is 2.44. The second-order valence-corrected chi connectivity index (χ2v) is 6.66. The summed E-state index contributed by atoms with van der Waals surface area (Å²) in [5, 5.41) is 0. The van der Waals surface area contributed by atoms with E-state index in [-0.39, 0.29) is 11.4 Å². The first-order chi connectivity index (χ1) is 8.93. The van der Waals surface area contributed by atoms with E-state index in [2.05, 4.69) is 0 Å². The van der Waals surface area contributed by atoms with Gasteiger partial charge in [0.25, 0.3) is 0 Å². The summed E-state index contributed by atoms with van der Waals surface area (Å²) in [6, 6.07) is 9.99. The molecule has 3 heteroatoms. The van der Waals surface area contributed by atoms with Gasteiger partial charge in [-0.25, -0.2) is 0 Å². The number of amides is 1. The number of nitrogens with zero attached hydrogens (tertiary/aromatic N) is 1. The maximum Gasteiger partial charge on any atom is 0.232 e. The molecule has 1 saturated heterocycles. The normalized spacial score (nSPS) is 21.9. The van der Waals surface area contributed by atoms with Crippen LogP contribution in [0.15, 0.2) is 30.3 Å². The van der Waals surface area contributed by atoms with Gasteiger partial charge in [0.2, 0.25) is 5.91 Å². The summed E-state index contributed by atoms with van der Waals surface area (Å²) < 4.78 is 0. The maximum absolute atomic E-state index is 12.6. The van der Waals surface area contributed by atoms with Crippen LogP contribution in [0.3, 0.4) is 0 Å². The molecule has 1 aromatic carbocycles. The number of nitrogens with two attached hydrogens (primary N) is 1. The van der Waals surface area contributed by atoms with Crippen LogP contribution in [0.2, 0.25) is 0 Å². The van der Waals surface area contributed by atoms with Gasteiger partial charge in [0.15, 0.2) is 0 Å². The fourth-order valence-electron chi connectivity index (χ4n) is 3.10. The number of carbonyl (C=O) groups excluding carboxylic acids is 1. The van der Waals surface area contributed by atoms with Gasteiger partial charge < -0.3 is 10.6 Å². The van der Waals surface area contributed by atoms with Gasteiger partial charge in [-0.3, -0.25) is 4.79 Å². The smallest absolute Gasteiger partial charge is 0.232 e. The summed E-state index contributed by atoms with van der Waals surface area (Å²) in [7, 11) is 0. The van der Waals surface area contributed by atoms with E-state index in [9.17, 15) is 4.79 Å². The van der Waals surface area contributed by atoms with Crippen LogP contribution in [0.4, 0.5) is 0 Å². The quantitative estimate of drug-likeness (QED) is 0.900. The fourth-order valence-corrected chi connectivity index (χ4v) is 3.10. The Hall–Kier alpha value is -1.35. The van der Waals surface area contributed by atoms with Crippen LogP contribution in [0.5, 0.6) is 0 Å². The molecule has 0 spiro atoms. The average Bonchev–Trinajstić information content (AvgIpc) is 3.19. The van der Waals surface area contributed by atoms with E-state index in [0.717, 1.165) is 18.7 Å². The number of carbonyl (C=O) groups is 1. The third-order valence-electron chi connectivity index (χ3n) is 4.68. The second-order valence-electron chi connectivity index (χ2n) is 6.66. The SMILES string of the molecule is CC(C)(C(=O)N1CC(N)(C2CC2)C1)c1ccccc1. The summed E-state index contributed by atoms with van der Waals surface area (Å²) in [5.41, 5.74) is 6.83. The minimum Gasteiger partial charge on any atom is -0.338 e. The molecule has 3 nitrogen and oxygen atoms in total. The lowest BCUT2D eigenvalue weighted by atomic mass is 9.79. The maximum atomic E-state index is 12.6. The molecular weight excluding hydrogens is 236 g/mol. The highest BCUT2D eigenvalue weighted by atomic mass is 16.2. The van der Waals surface area contributed by atoms with Gasteiger partial charge in [-0.1, -0.05) is 30.3 Å². The lowest BCUT2D eigenvalue weighted by Gasteiger charge is -2.50. The monoisotopic (exact) mass is 258 g/mol. The Morgan fingerprint density at radius 2 is 1.84 bits per heavy atom. The molecular formula is C16H22N2O. The molecule has 102 valence electrons. The van der Waals surface area contributed by atoms with E-state index in [1.807, 2.05) is 49.1 Å². The molecule has 2 fully saturated rings. The van der Waals surface area contributed by atoms with Gasteiger partial charge in [-0.2, -0.15) is 0 Å². The van der Waals surface area contributed by atoms with Gasteiger partial charge >= 0.3 is 0 Å². The van der Waals surface area contributed by atoms with Crippen molar-refractivity contribution in [2.75, 3.05) is 13.1 Å². The molecule has 0 aromatic heterocycles. The molecule has 0 atom stereocenters. The van der Waals surface area contributed by atoms with E-state index in [4.69, 9.17) is 5.73 Å². The lowest BCUT2D eigenvalue weighted by Crippen LogP contribution is -2.71. The Labute approximate surface area is 114 Å². The van der Waals surface area contributed by atoms with Crippen molar-refractivity contribution in [1.82, 2.24) is 4.90 Å². The standard InChI is InChI=1S/C16H22N2O/c1-15(2,12-6-4-3-5-7-12)14(19)18-10-16(17,11-18)13-8-9-13/h3-7,13H,8-11,17H2,1-2H3. The summed E-state index contributed by atoms with van der Waals surface area (Å²) in [5.74, 6) is 0.844. The summed E-state index contributed by atoms with van der Waals surface area (Å²) in [6.07, 6.45) is 2.47. The summed E-state index contributed by atoms with van der Waals surface area (Å²) in [6.45, 7) is 5.45. The molecule has 3 rings (SSSR count). The third kappa shape index (κ3) is 2.06. The van der Waals surface area contributed by atoms with Gasteiger partial charge in [0, 0.05) is 13.1 Å². The minimum absolute atomic E-state index is 0.0948. The molecule has 2 aliphatic rings. The summed E-state index contributed by atoms with van der Waals surface area (Å²) >= 11 is 0. The molecule has 0 bridgehead atoms. The minimum atomic E-state index is -0.466. The Balaban J connectivity index is 1.71. The van der Waals surface area contributed by atoms with E-state index in [0.29, 0.717) is 5.92 Å². The van der Waals surface area contributed by atoms with Gasteiger partial charge in [-0.05, 0) is 38.2 Å². The summed E-state index contributed by atoms with van der Waals surface area (Å²) in [4.78, 5) is 14.6. The first kappa shape index (κ1) is 12.7. The van der Waals surface area contributed by atoms with Gasteiger partial charge in [0.05, 0.1) is 11.0 Å². The van der Waals surface area contributed by atoms with Crippen LogP contribution in [0.25, 0.3) is 0 Å². The number of hydrogen-bond acceptors (Lipinski definition) is 2. The van der Waals surface area contributed by atoms with Crippen molar-refractivity contribution in [3.63, 3.8) is 0 Å². The van der Waals surface area contributed by atoms with E-state index in [1.54, 1.807) is 0 Å². The van der Waals surface area contributed by atoms with Crippen molar-refractivity contribution in [2.24, 2.45) is 11.7 Å². The highest BCUT2D eigenvalue weighted by molar-refractivity contribution is 5.88. The largest absolute Gasteiger partial charge is 0.338 e. The predicted molar refractivity (Wildman–Crippen MR) is 75.7 cm³/mol. The van der Waals surface area contributed by atoms with Crippen molar-refractivity contribution in [3.05, 3.63) is 35.9 Å². The van der Waals surface area contributed by atoms with E-state index in [1.165, 1.54) is 12.8 Å². The van der Waals surface area contributed by atoms with Crippen LogP contribution < -0.4 is 5.73 Å². The van der Waals surface area contributed by atoms with Crippen molar-refractivity contribution < 1.29 is 4.79 Å². The molecule has 1 heterocycles.